The number of carbonyl (C=O) groups is 4. The van der Waals surface area contributed by atoms with Crippen LogP contribution in [-0.4, -0.2) is 90.6 Å². The highest BCUT2D eigenvalue weighted by Gasteiger charge is 2.51. The van der Waals surface area contributed by atoms with Gasteiger partial charge >= 0.3 is 17.9 Å². The summed E-state index contributed by atoms with van der Waals surface area (Å²) >= 11 is 0. The van der Waals surface area contributed by atoms with Crippen molar-refractivity contribution in [3.63, 3.8) is 0 Å². The molecule has 1 fully saturated rings. The fraction of sp³-hybridized carbons (Fsp3) is 0.765. The maximum Gasteiger partial charge on any atom is 0.303 e. The lowest BCUT2D eigenvalue weighted by Gasteiger charge is -2.45. The lowest BCUT2D eigenvalue weighted by molar-refractivity contribution is -0.281. The molecule has 166 valence electrons. The number of hydrogen-bond acceptors (Lipinski definition) is 11. The molecule has 0 aromatic rings. The molecule has 1 aliphatic rings. The second-order valence-corrected chi connectivity index (χ2v) is 6.39. The van der Waals surface area contributed by atoms with Crippen LogP contribution in [0.15, 0.2) is 0 Å². The van der Waals surface area contributed by atoms with E-state index in [0.29, 0.717) is 0 Å². The third kappa shape index (κ3) is 8.31. The van der Waals surface area contributed by atoms with Crippen LogP contribution in [0.2, 0.25) is 0 Å². The normalized spacial score (nSPS) is 27.4. The van der Waals surface area contributed by atoms with Gasteiger partial charge in [-0.25, -0.2) is 0 Å². The molecule has 1 saturated heterocycles. The van der Waals surface area contributed by atoms with Crippen molar-refractivity contribution in [3.8, 4) is 0 Å². The molecule has 1 amide bonds. The van der Waals surface area contributed by atoms with Gasteiger partial charge in [-0.1, -0.05) is 0 Å². The zero-order chi connectivity index (χ0) is 22.1. The third-order valence-corrected chi connectivity index (χ3v) is 3.73. The maximum absolute atomic E-state index is 11.7. The minimum atomic E-state index is -1.28. The molecule has 12 heteroatoms. The van der Waals surface area contributed by atoms with E-state index in [0.717, 1.165) is 13.8 Å². The number of ether oxygens (including phenoxy) is 5. The smallest absolute Gasteiger partial charge is 0.303 e. The second kappa shape index (κ2) is 11.7. The van der Waals surface area contributed by atoms with Gasteiger partial charge in [-0.3, -0.25) is 19.2 Å². The number of carbonyl (C=O) groups excluding carboxylic acids is 4. The molecule has 3 N–H and O–H groups in total. The van der Waals surface area contributed by atoms with Gasteiger partial charge in [0.15, 0.2) is 18.5 Å². The van der Waals surface area contributed by atoms with E-state index >= 15 is 0 Å². The van der Waals surface area contributed by atoms with Gasteiger partial charge in [0, 0.05) is 27.7 Å². The summed E-state index contributed by atoms with van der Waals surface area (Å²) in [6.07, 6.45) is -6.09. The van der Waals surface area contributed by atoms with Gasteiger partial charge in [0.05, 0.1) is 13.2 Å². The van der Waals surface area contributed by atoms with Crippen molar-refractivity contribution in [1.82, 2.24) is 5.32 Å². The molecule has 0 aliphatic carbocycles. The first-order chi connectivity index (χ1) is 13.5. The Morgan fingerprint density at radius 2 is 1.59 bits per heavy atom. The largest absolute Gasteiger partial charge is 0.463 e. The summed E-state index contributed by atoms with van der Waals surface area (Å²) < 4.78 is 26.6. The van der Waals surface area contributed by atoms with Gasteiger partial charge in [0.25, 0.3) is 0 Å². The molecule has 1 heterocycles. The Morgan fingerprint density at radius 3 is 2.07 bits per heavy atom. The van der Waals surface area contributed by atoms with Crippen LogP contribution < -0.4 is 5.32 Å². The van der Waals surface area contributed by atoms with Gasteiger partial charge < -0.3 is 39.2 Å². The van der Waals surface area contributed by atoms with Crippen molar-refractivity contribution < 1.29 is 53.1 Å². The molecule has 0 radical (unpaired) electrons. The summed E-state index contributed by atoms with van der Waals surface area (Å²) in [5, 5.41) is 21.0. The molecular weight excluding hydrogens is 394 g/mol. The molecule has 1 rings (SSSR count). The molecule has 1 unspecified atom stereocenters. The fourth-order valence-corrected chi connectivity index (χ4v) is 2.69. The van der Waals surface area contributed by atoms with Crippen molar-refractivity contribution in [2.24, 2.45) is 0 Å². The van der Waals surface area contributed by atoms with Crippen molar-refractivity contribution in [1.29, 1.82) is 0 Å². The van der Waals surface area contributed by atoms with Crippen LogP contribution >= 0.6 is 0 Å². The zero-order valence-electron chi connectivity index (χ0n) is 16.7. The highest BCUT2D eigenvalue weighted by atomic mass is 16.7. The number of esters is 3. The minimum Gasteiger partial charge on any atom is -0.463 e. The highest BCUT2D eigenvalue weighted by Crippen LogP contribution is 2.28. The summed E-state index contributed by atoms with van der Waals surface area (Å²) in [4.78, 5) is 46.1. The van der Waals surface area contributed by atoms with Gasteiger partial charge in [0.1, 0.15) is 24.9 Å². The van der Waals surface area contributed by atoms with Gasteiger partial charge in [-0.15, -0.1) is 0 Å². The van der Waals surface area contributed by atoms with E-state index in [2.05, 4.69) is 5.32 Å². The number of amides is 1. The van der Waals surface area contributed by atoms with E-state index in [-0.39, 0.29) is 13.2 Å². The minimum absolute atomic E-state index is 0.361. The average Bonchev–Trinajstić information content (AvgIpc) is 2.60. The standard InChI is InChI=1S/C17H27NO11/c1-8(20)18-14-16(28-11(4)23)15(27-10(3)22)13(7-25-9(2)21)29-17(14)26-6-12(24)5-19/h12-17,19,24H,5-7H2,1-4H3,(H,18,20)/t12?,13-,14-,15-,16-,17-/m1/s1. The topological polar surface area (TPSA) is 167 Å². The van der Waals surface area contributed by atoms with E-state index in [1.165, 1.54) is 13.8 Å². The molecule has 12 nitrogen and oxygen atoms in total. The van der Waals surface area contributed by atoms with E-state index < -0.39 is 67.2 Å². The van der Waals surface area contributed by atoms with Crippen LogP contribution in [0.1, 0.15) is 27.7 Å². The highest BCUT2D eigenvalue weighted by molar-refractivity contribution is 5.73. The number of hydrogen-bond donors (Lipinski definition) is 3. The van der Waals surface area contributed by atoms with Crippen LogP contribution in [0.3, 0.4) is 0 Å². The summed E-state index contributed by atoms with van der Waals surface area (Å²) in [5.41, 5.74) is 0. The first kappa shape index (κ1) is 24.8. The second-order valence-electron chi connectivity index (χ2n) is 6.39. The summed E-state index contributed by atoms with van der Waals surface area (Å²) in [7, 11) is 0. The third-order valence-electron chi connectivity index (χ3n) is 3.73. The number of rotatable bonds is 9. The first-order valence-electron chi connectivity index (χ1n) is 8.86. The predicted molar refractivity (Wildman–Crippen MR) is 93.1 cm³/mol. The molecule has 1 aliphatic heterocycles. The van der Waals surface area contributed by atoms with Crippen molar-refractivity contribution in [2.45, 2.75) is 64.4 Å². The summed E-state index contributed by atoms with van der Waals surface area (Å²) in [6, 6.07) is -1.12. The van der Waals surface area contributed by atoms with Crippen LogP contribution in [0.25, 0.3) is 0 Å². The quantitative estimate of drug-likeness (QED) is 0.278. The molecular formula is C17H27NO11. The number of nitrogens with one attached hydrogen (secondary N) is 1. The SMILES string of the molecule is CC(=O)N[C@H]1[C@H](OCC(O)CO)O[C@H](COC(C)=O)[C@@H](OC(C)=O)[C@@H]1OC(C)=O. The van der Waals surface area contributed by atoms with Crippen LogP contribution in [0, 0.1) is 0 Å². The van der Waals surface area contributed by atoms with Crippen molar-refractivity contribution in [2.75, 3.05) is 19.8 Å². The van der Waals surface area contributed by atoms with Gasteiger partial charge in [-0.2, -0.15) is 0 Å². The van der Waals surface area contributed by atoms with Crippen molar-refractivity contribution in [3.05, 3.63) is 0 Å². The monoisotopic (exact) mass is 421 g/mol. The lowest BCUT2D eigenvalue weighted by Crippen LogP contribution is -2.66. The summed E-state index contributed by atoms with van der Waals surface area (Å²) in [5.74, 6) is -2.60. The van der Waals surface area contributed by atoms with Crippen LogP contribution in [0.4, 0.5) is 0 Å². The van der Waals surface area contributed by atoms with E-state index in [1.54, 1.807) is 0 Å². The van der Waals surface area contributed by atoms with Crippen molar-refractivity contribution >= 4 is 23.8 Å². The Morgan fingerprint density at radius 1 is 1.00 bits per heavy atom. The zero-order valence-corrected chi connectivity index (χ0v) is 16.7. The fourth-order valence-electron chi connectivity index (χ4n) is 2.69. The Kier molecular flexibility index (Phi) is 9.95. The molecule has 29 heavy (non-hydrogen) atoms. The Bertz CT molecular complexity index is 596. The maximum atomic E-state index is 11.7. The van der Waals surface area contributed by atoms with Crippen LogP contribution in [-0.2, 0) is 42.9 Å². The predicted octanol–water partition coefficient (Wildman–Crippen LogP) is -1.99. The Hall–Kier alpha value is -2.28. The molecule has 0 aromatic heterocycles. The molecule has 0 bridgehead atoms. The number of aliphatic hydroxyl groups is 2. The Labute approximate surface area is 167 Å². The Balaban J connectivity index is 3.24. The molecule has 0 saturated carbocycles. The van der Waals surface area contributed by atoms with Crippen LogP contribution in [0.5, 0.6) is 0 Å². The summed E-state index contributed by atoms with van der Waals surface area (Å²) in [6.45, 7) is 3.30. The molecule has 6 atom stereocenters. The van der Waals surface area contributed by atoms with E-state index in [1.807, 2.05) is 0 Å². The molecule has 0 spiro atoms. The van der Waals surface area contributed by atoms with E-state index in [9.17, 15) is 24.3 Å². The lowest BCUT2D eigenvalue weighted by atomic mass is 9.96. The van der Waals surface area contributed by atoms with Gasteiger partial charge in [0.2, 0.25) is 5.91 Å². The number of aliphatic hydroxyl groups excluding tert-OH is 2. The van der Waals surface area contributed by atoms with E-state index in [4.69, 9.17) is 28.8 Å². The first-order valence-corrected chi connectivity index (χ1v) is 8.86. The van der Waals surface area contributed by atoms with Gasteiger partial charge in [-0.05, 0) is 0 Å². The average molecular weight is 421 g/mol. The molecule has 0 aromatic carbocycles.